The number of methoxy groups -OCH3 is 1. The number of amides is 2. The van der Waals surface area contributed by atoms with Gasteiger partial charge in [-0.3, -0.25) is 14.5 Å². The molecule has 0 spiro atoms. The number of ether oxygens (including phenoxy) is 1. The maximum atomic E-state index is 12.4. The summed E-state index contributed by atoms with van der Waals surface area (Å²) in [5, 5.41) is 1.58. The molecule has 1 aliphatic rings. The molecule has 4 nitrogen and oxygen atoms in total. The van der Waals surface area contributed by atoms with Gasteiger partial charge in [-0.25, -0.2) is 0 Å². The van der Waals surface area contributed by atoms with Gasteiger partial charge in [-0.15, -0.1) is 0 Å². The van der Waals surface area contributed by atoms with E-state index in [4.69, 9.17) is 4.74 Å². The third kappa shape index (κ3) is 1.53. The van der Waals surface area contributed by atoms with Crippen LogP contribution in [-0.2, 0) is 0 Å². The van der Waals surface area contributed by atoms with Crippen molar-refractivity contribution in [1.29, 1.82) is 0 Å². The lowest BCUT2D eigenvalue weighted by molar-refractivity contribution is 0.0619. The summed E-state index contributed by atoms with van der Waals surface area (Å²) in [5.41, 5.74) is 1.11. The zero-order valence-corrected chi connectivity index (χ0v) is 10.8. The van der Waals surface area contributed by atoms with Crippen molar-refractivity contribution in [3.8, 4) is 5.75 Å². The summed E-state index contributed by atoms with van der Waals surface area (Å²) in [4.78, 5) is 25.9. The van der Waals surface area contributed by atoms with Crippen molar-refractivity contribution in [2.24, 2.45) is 0 Å². The van der Waals surface area contributed by atoms with Gasteiger partial charge in [0.2, 0.25) is 0 Å². The molecule has 1 heterocycles. The van der Waals surface area contributed by atoms with Crippen LogP contribution in [0.4, 0.5) is 0 Å². The molecule has 0 radical (unpaired) electrons. The third-order valence-corrected chi connectivity index (χ3v) is 3.45. The Morgan fingerprint density at radius 1 is 1.11 bits per heavy atom. The Hall–Kier alpha value is -2.36. The number of imide groups is 1. The van der Waals surface area contributed by atoms with Gasteiger partial charge in [0.25, 0.3) is 11.8 Å². The molecular weight excluding hydrogens is 242 g/mol. The molecule has 2 amide bonds. The predicted octanol–water partition coefficient (Wildman–Crippen LogP) is 2.46. The monoisotopic (exact) mass is 255 g/mol. The van der Waals surface area contributed by atoms with Crippen LogP contribution < -0.4 is 4.74 Å². The minimum Gasteiger partial charge on any atom is -0.497 e. The van der Waals surface area contributed by atoms with Gasteiger partial charge in [-0.1, -0.05) is 12.1 Å². The van der Waals surface area contributed by atoms with Crippen molar-refractivity contribution >= 4 is 22.6 Å². The number of hydrogen-bond acceptors (Lipinski definition) is 3. The van der Waals surface area contributed by atoms with Gasteiger partial charge in [-0.05, 0) is 30.5 Å². The van der Waals surface area contributed by atoms with Crippen LogP contribution in [0.1, 0.15) is 27.6 Å². The standard InChI is InChI=1S/C15H13NO3/c1-3-16-14(17)11-6-4-5-9-7-10(19-2)8-12(13(9)11)15(16)18/h4-8H,3H2,1-2H3. The maximum Gasteiger partial charge on any atom is 0.261 e. The van der Waals surface area contributed by atoms with E-state index in [0.717, 1.165) is 10.8 Å². The highest BCUT2D eigenvalue weighted by Gasteiger charge is 2.31. The van der Waals surface area contributed by atoms with E-state index in [2.05, 4.69) is 0 Å². The fraction of sp³-hybridized carbons (Fsp3) is 0.200. The molecule has 1 aliphatic heterocycles. The second-order valence-corrected chi connectivity index (χ2v) is 4.43. The van der Waals surface area contributed by atoms with E-state index in [9.17, 15) is 9.59 Å². The van der Waals surface area contributed by atoms with Crippen molar-refractivity contribution in [2.75, 3.05) is 13.7 Å². The molecule has 0 N–H and O–H groups in total. The Morgan fingerprint density at radius 2 is 1.84 bits per heavy atom. The quantitative estimate of drug-likeness (QED) is 0.774. The Bertz CT molecular complexity index is 706. The molecule has 96 valence electrons. The molecule has 0 saturated heterocycles. The topological polar surface area (TPSA) is 46.6 Å². The Labute approximate surface area is 110 Å². The lowest BCUT2D eigenvalue weighted by Gasteiger charge is -2.26. The van der Waals surface area contributed by atoms with Gasteiger partial charge < -0.3 is 4.74 Å². The molecule has 2 aromatic carbocycles. The zero-order valence-electron chi connectivity index (χ0n) is 10.8. The summed E-state index contributed by atoms with van der Waals surface area (Å²) < 4.78 is 5.22. The van der Waals surface area contributed by atoms with E-state index in [0.29, 0.717) is 23.4 Å². The van der Waals surface area contributed by atoms with Crippen LogP contribution in [0, 0.1) is 0 Å². The summed E-state index contributed by atoms with van der Waals surface area (Å²) in [5.74, 6) is 0.143. The lowest BCUT2D eigenvalue weighted by atomic mass is 9.94. The van der Waals surface area contributed by atoms with Gasteiger partial charge >= 0.3 is 0 Å². The van der Waals surface area contributed by atoms with Crippen LogP contribution in [0.5, 0.6) is 5.75 Å². The summed E-state index contributed by atoms with van der Waals surface area (Å²) in [6, 6.07) is 9.00. The Kier molecular flexibility index (Phi) is 2.52. The van der Waals surface area contributed by atoms with Crippen molar-refractivity contribution in [2.45, 2.75) is 6.92 Å². The average molecular weight is 255 g/mol. The first kappa shape index (κ1) is 11.7. The molecule has 0 unspecified atom stereocenters. The normalized spacial score (nSPS) is 14.1. The molecule has 0 aliphatic carbocycles. The smallest absolute Gasteiger partial charge is 0.261 e. The number of nitrogens with zero attached hydrogens (tertiary/aromatic N) is 1. The second kappa shape index (κ2) is 4.09. The fourth-order valence-corrected chi connectivity index (χ4v) is 2.54. The number of rotatable bonds is 2. The van der Waals surface area contributed by atoms with Crippen LogP contribution in [0.2, 0.25) is 0 Å². The molecule has 0 saturated carbocycles. The van der Waals surface area contributed by atoms with Crippen LogP contribution in [0.3, 0.4) is 0 Å². The molecule has 4 heteroatoms. The van der Waals surface area contributed by atoms with Gasteiger partial charge in [0.15, 0.2) is 0 Å². The van der Waals surface area contributed by atoms with E-state index in [-0.39, 0.29) is 11.8 Å². The van der Waals surface area contributed by atoms with E-state index in [1.165, 1.54) is 4.90 Å². The summed E-state index contributed by atoms with van der Waals surface area (Å²) >= 11 is 0. The third-order valence-electron chi connectivity index (χ3n) is 3.45. The van der Waals surface area contributed by atoms with Crippen LogP contribution in [-0.4, -0.2) is 30.4 Å². The van der Waals surface area contributed by atoms with E-state index >= 15 is 0 Å². The second-order valence-electron chi connectivity index (χ2n) is 4.43. The molecule has 0 aromatic heterocycles. The first-order valence-corrected chi connectivity index (χ1v) is 6.14. The first-order chi connectivity index (χ1) is 9.17. The largest absolute Gasteiger partial charge is 0.497 e. The summed E-state index contributed by atoms with van der Waals surface area (Å²) in [6.07, 6.45) is 0. The number of carbonyl (C=O) groups excluding carboxylic acids is 2. The van der Waals surface area contributed by atoms with E-state index in [1.54, 1.807) is 26.2 Å². The maximum absolute atomic E-state index is 12.4. The van der Waals surface area contributed by atoms with Crippen molar-refractivity contribution < 1.29 is 14.3 Å². The molecule has 3 rings (SSSR count). The fourth-order valence-electron chi connectivity index (χ4n) is 2.54. The summed E-state index contributed by atoms with van der Waals surface area (Å²) in [7, 11) is 1.56. The molecule has 19 heavy (non-hydrogen) atoms. The van der Waals surface area contributed by atoms with Crippen molar-refractivity contribution in [3.05, 3.63) is 41.5 Å². The average Bonchev–Trinajstić information content (AvgIpc) is 2.44. The van der Waals surface area contributed by atoms with E-state index < -0.39 is 0 Å². The SMILES string of the molecule is CCN1C(=O)c2cccc3cc(OC)cc(c23)C1=O. The molecule has 0 fully saturated rings. The highest BCUT2D eigenvalue weighted by Crippen LogP contribution is 2.33. The van der Waals surface area contributed by atoms with Crippen molar-refractivity contribution in [3.63, 3.8) is 0 Å². The van der Waals surface area contributed by atoms with Gasteiger partial charge in [0.05, 0.1) is 12.7 Å². The molecular formula is C15H13NO3. The van der Waals surface area contributed by atoms with Gasteiger partial charge in [0.1, 0.15) is 5.75 Å². The molecule has 0 atom stereocenters. The Balaban J connectivity index is 2.41. The number of carbonyl (C=O) groups is 2. The Morgan fingerprint density at radius 3 is 2.53 bits per heavy atom. The number of benzene rings is 2. The van der Waals surface area contributed by atoms with E-state index in [1.807, 2.05) is 18.2 Å². The van der Waals surface area contributed by atoms with Crippen LogP contribution in [0.25, 0.3) is 10.8 Å². The molecule has 2 aromatic rings. The lowest BCUT2D eigenvalue weighted by Crippen LogP contribution is -2.40. The number of hydrogen-bond donors (Lipinski definition) is 0. The molecule has 0 bridgehead atoms. The van der Waals surface area contributed by atoms with Crippen LogP contribution >= 0.6 is 0 Å². The minimum absolute atomic E-state index is 0.226. The zero-order chi connectivity index (χ0) is 13.6. The predicted molar refractivity (Wildman–Crippen MR) is 71.5 cm³/mol. The van der Waals surface area contributed by atoms with Gasteiger partial charge in [0, 0.05) is 17.5 Å². The van der Waals surface area contributed by atoms with Crippen LogP contribution in [0.15, 0.2) is 30.3 Å². The van der Waals surface area contributed by atoms with Crippen molar-refractivity contribution in [1.82, 2.24) is 4.90 Å². The summed E-state index contributed by atoms with van der Waals surface area (Å²) in [6.45, 7) is 2.16. The van der Waals surface area contributed by atoms with Gasteiger partial charge in [-0.2, -0.15) is 0 Å². The highest BCUT2D eigenvalue weighted by molar-refractivity contribution is 6.25. The first-order valence-electron chi connectivity index (χ1n) is 6.14. The minimum atomic E-state index is -0.255. The highest BCUT2D eigenvalue weighted by atomic mass is 16.5.